The van der Waals surface area contributed by atoms with Gasteiger partial charge < -0.3 is 10.5 Å². The van der Waals surface area contributed by atoms with Gasteiger partial charge in [-0.1, -0.05) is 6.07 Å². The van der Waals surface area contributed by atoms with Gasteiger partial charge >= 0.3 is 0 Å². The molecular formula is C17H15FN4O2S. The van der Waals surface area contributed by atoms with Crippen molar-refractivity contribution in [3.63, 3.8) is 0 Å². The average Bonchev–Trinajstić information content (AvgIpc) is 3.09. The molecule has 2 heterocycles. The standard InChI is InChI=1S/C17H15FN4O2S/c1-22-16(23)15(24-2)14(21-17(22)20)13-6-11(8-25-13)9-3-4-12(18)10(5-9)7-19/h3-6,8,14-15H,1-2H3,(H2,20,21). The zero-order valence-electron chi connectivity index (χ0n) is 13.6. The Labute approximate surface area is 148 Å². The number of ether oxygens (including phenoxy) is 1. The van der Waals surface area contributed by atoms with Crippen molar-refractivity contribution in [1.82, 2.24) is 4.90 Å². The number of rotatable bonds is 3. The van der Waals surface area contributed by atoms with Crippen LogP contribution in [-0.4, -0.2) is 37.0 Å². The molecule has 1 aromatic carbocycles. The molecule has 2 atom stereocenters. The SMILES string of the molecule is COC1C(=O)N(C)C(N)=NC1c1cc(-c2ccc(F)c(C#N)c2)cs1. The molecule has 6 nitrogen and oxygen atoms in total. The Hall–Kier alpha value is -2.76. The smallest absolute Gasteiger partial charge is 0.260 e. The number of benzene rings is 1. The number of nitrogens with two attached hydrogens (primary N) is 1. The van der Waals surface area contributed by atoms with E-state index in [0.717, 1.165) is 10.4 Å². The predicted octanol–water partition coefficient (Wildman–Crippen LogP) is 2.27. The number of hydrogen-bond acceptors (Lipinski definition) is 6. The van der Waals surface area contributed by atoms with Gasteiger partial charge in [0.2, 0.25) is 0 Å². The molecule has 0 spiro atoms. The van der Waals surface area contributed by atoms with Gasteiger partial charge in [-0.3, -0.25) is 9.69 Å². The summed E-state index contributed by atoms with van der Waals surface area (Å²) in [7, 11) is 3.00. The molecule has 0 fully saturated rings. The zero-order chi connectivity index (χ0) is 18.1. The van der Waals surface area contributed by atoms with E-state index in [9.17, 15) is 9.18 Å². The van der Waals surface area contributed by atoms with Gasteiger partial charge in [0.15, 0.2) is 12.1 Å². The highest BCUT2D eigenvalue weighted by molar-refractivity contribution is 7.10. The van der Waals surface area contributed by atoms with Gasteiger partial charge in [-0.2, -0.15) is 5.26 Å². The lowest BCUT2D eigenvalue weighted by molar-refractivity contribution is -0.139. The number of halogens is 1. The summed E-state index contributed by atoms with van der Waals surface area (Å²) in [5, 5.41) is 10.8. The van der Waals surface area contributed by atoms with E-state index >= 15 is 0 Å². The fraction of sp³-hybridized carbons (Fsp3) is 0.235. The third-order valence-corrected chi connectivity index (χ3v) is 5.06. The first kappa shape index (κ1) is 17.1. The van der Waals surface area contributed by atoms with Crippen LogP contribution in [0.2, 0.25) is 0 Å². The van der Waals surface area contributed by atoms with Crippen LogP contribution in [0.5, 0.6) is 0 Å². The summed E-state index contributed by atoms with van der Waals surface area (Å²) in [6.07, 6.45) is -0.758. The minimum absolute atomic E-state index is 0.0169. The first-order valence-corrected chi connectivity index (χ1v) is 8.26. The molecule has 25 heavy (non-hydrogen) atoms. The molecule has 1 aliphatic rings. The number of carbonyl (C=O) groups is 1. The van der Waals surface area contributed by atoms with E-state index in [4.69, 9.17) is 15.7 Å². The van der Waals surface area contributed by atoms with Gasteiger partial charge in [-0.05, 0) is 34.7 Å². The van der Waals surface area contributed by atoms with E-state index in [1.807, 2.05) is 17.5 Å². The number of nitriles is 1. The van der Waals surface area contributed by atoms with Gasteiger partial charge in [0.05, 0.1) is 5.56 Å². The van der Waals surface area contributed by atoms with E-state index in [2.05, 4.69) is 4.99 Å². The fourth-order valence-electron chi connectivity index (χ4n) is 2.63. The van der Waals surface area contributed by atoms with Crippen LogP contribution in [0.1, 0.15) is 16.5 Å². The molecule has 2 aromatic rings. The van der Waals surface area contributed by atoms with Crippen molar-refractivity contribution in [3.8, 4) is 17.2 Å². The van der Waals surface area contributed by atoms with Crippen LogP contribution in [-0.2, 0) is 9.53 Å². The summed E-state index contributed by atoms with van der Waals surface area (Å²) in [5.74, 6) is -0.685. The summed E-state index contributed by atoms with van der Waals surface area (Å²) in [4.78, 5) is 18.7. The number of guanidine groups is 1. The third kappa shape index (κ3) is 2.99. The summed E-state index contributed by atoms with van der Waals surface area (Å²) in [6.45, 7) is 0. The lowest BCUT2D eigenvalue weighted by Gasteiger charge is -2.31. The summed E-state index contributed by atoms with van der Waals surface area (Å²) in [5.41, 5.74) is 7.32. The van der Waals surface area contributed by atoms with Crippen LogP contribution in [0.4, 0.5) is 4.39 Å². The number of hydrogen-bond donors (Lipinski definition) is 1. The van der Waals surface area contributed by atoms with Crippen molar-refractivity contribution in [1.29, 1.82) is 5.26 Å². The van der Waals surface area contributed by atoms with Crippen LogP contribution in [0.15, 0.2) is 34.6 Å². The monoisotopic (exact) mass is 358 g/mol. The van der Waals surface area contributed by atoms with Crippen LogP contribution >= 0.6 is 11.3 Å². The topological polar surface area (TPSA) is 91.7 Å². The van der Waals surface area contributed by atoms with Crippen molar-refractivity contribution in [2.45, 2.75) is 12.1 Å². The lowest BCUT2D eigenvalue weighted by Crippen LogP contribution is -2.50. The minimum atomic E-state index is -0.758. The fourth-order valence-corrected chi connectivity index (χ4v) is 3.61. The molecule has 1 amide bonds. The van der Waals surface area contributed by atoms with Gasteiger partial charge in [-0.15, -0.1) is 11.3 Å². The molecule has 0 saturated heterocycles. The second kappa shape index (κ2) is 6.63. The van der Waals surface area contributed by atoms with E-state index in [-0.39, 0.29) is 17.4 Å². The molecule has 0 saturated carbocycles. The second-order valence-electron chi connectivity index (χ2n) is 5.53. The Morgan fingerprint density at radius 1 is 1.40 bits per heavy atom. The van der Waals surface area contributed by atoms with Gasteiger partial charge in [0, 0.05) is 19.0 Å². The Bertz CT molecular complexity index is 902. The second-order valence-corrected chi connectivity index (χ2v) is 6.47. The highest BCUT2D eigenvalue weighted by Gasteiger charge is 2.38. The quantitative estimate of drug-likeness (QED) is 0.911. The first-order chi connectivity index (χ1) is 12.0. The summed E-state index contributed by atoms with van der Waals surface area (Å²) < 4.78 is 18.8. The maximum absolute atomic E-state index is 13.5. The normalized spacial score (nSPS) is 20.3. The van der Waals surface area contributed by atoms with E-state index < -0.39 is 18.0 Å². The number of methoxy groups -OCH3 is 1. The van der Waals surface area contributed by atoms with Crippen LogP contribution < -0.4 is 5.73 Å². The third-order valence-electron chi connectivity index (χ3n) is 4.06. The molecule has 0 aliphatic carbocycles. The highest BCUT2D eigenvalue weighted by Crippen LogP contribution is 2.35. The zero-order valence-corrected chi connectivity index (χ0v) is 14.4. The molecule has 0 bridgehead atoms. The Morgan fingerprint density at radius 3 is 2.84 bits per heavy atom. The van der Waals surface area contributed by atoms with Gasteiger partial charge in [0.25, 0.3) is 5.91 Å². The summed E-state index contributed by atoms with van der Waals surface area (Å²) >= 11 is 1.40. The molecule has 0 radical (unpaired) electrons. The average molecular weight is 358 g/mol. The number of amides is 1. The van der Waals surface area contributed by atoms with E-state index in [1.54, 1.807) is 13.1 Å². The van der Waals surface area contributed by atoms with E-state index in [0.29, 0.717) is 5.56 Å². The van der Waals surface area contributed by atoms with Crippen LogP contribution in [0.25, 0.3) is 11.1 Å². The van der Waals surface area contributed by atoms with E-state index in [1.165, 1.54) is 35.5 Å². The molecule has 8 heteroatoms. The van der Waals surface area contributed by atoms with Crippen molar-refractivity contribution < 1.29 is 13.9 Å². The maximum atomic E-state index is 13.5. The Balaban J connectivity index is 1.98. The number of aliphatic imine (C=N–C) groups is 1. The van der Waals surface area contributed by atoms with Crippen molar-refractivity contribution in [3.05, 3.63) is 45.9 Å². The molecule has 1 aromatic heterocycles. The number of carbonyl (C=O) groups excluding carboxylic acids is 1. The van der Waals surface area contributed by atoms with Crippen molar-refractivity contribution >= 4 is 23.2 Å². The summed E-state index contributed by atoms with van der Waals surface area (Å²) in [6, 6.07) is 7.50. The minimum Gasteiger partial charge on any atom is -0.369 e. The Morgan fingerprint density at radius 2 is 2.16 bits per heavy atom. The number of thiophene rings is 1. The molecule has 2 N–H and O–H groups in total. The van der Waals surface area contributed by atoms with Gasteiger partial charge in [0.1, 0.15) is 17.9 Å². The van der Waals surface area contributed by atoms with Crippen LogP contribution in [0, 0.1) is 17.1 Å². The molecule has 1 aliphatic heterocycles. The molecule has 2 unspecified atom stereocenters. The maximum Gasteiger partial charge on any atom is 0.260 e. The number of nitrogens with zero attached hydrogens (tertiary/aromatic N) is 3. The molecule has 3 rings (SSSR count). The van der Waals surface area contributed by atoms with Crippen molar-refractivity contribution in [2.24, 2.45) is 10.7 Å². The molecular weight excluding hydrogens is 343 g/mol. The lowest BCUT2D eigenvalue weighted by atomic mass is 10.0. The Kier molecular flexibility index (Phi) is 4.53. The van der Waals surface area contributed by atoms with Crippen LogP contribution in [0.3, 0.4) is 0 Å². The highest BCUT2D eigenvalue weighted by atomic mass is 32.1. The largest absolute Gasteiger partial charge is 0.369 e. The molecule has 128 valence electrons. The predicted molar refractivity (Wildman–Crippen MR) is 92.4 cm³/mol. The van der Waals surface area contributed by atoms with Crippen molar-refractivity contribution in [2.75, 3.05) is 14.2 Å². The van der Waals surface area contributed by atoms with Gasteiger partial charge in [-0.25, -0.2) is 9.38 Å². The number of likely N-dealkylation sites (N-methyl/N-ethyl adjacent to an activating group) is 1. The first-order valence-electron chi connectivity index (χ1n) is 7.38.